The van der Waals surface area contributed by atoms with Gasteiger partial charge >= 0.3 is 0 Å². The second-order valence-corrected chi connectivity index (χ2v) is 5.13. The van der Waals surface area contributed by atoms with Crippen molar-refractivity contribution >= 4 is 0 Å². The van der Waals surface area contributed by atoms with E-state index < -0.39 is 5.60 Å². The first-order chi connectivity index (χ1) is 7.76. The van der Waals surface area contributed by atoms with Crippen LogP contribution < -0.4 is 0 Å². The molecular formula is C13H18O3. The number of furan rings is 1. The summed E-state index contributed by atoms with van der Waals surface area (Å²) in [4.78, 5) is 0. The summed E-state index contributed by atoms with van der Waals surface area (Å²) in [7, 11) is 1.70. The molecule has 2 fully saturated rings. The van der Waals surface area contributed by atoms with Crippen LogP contribution in [0.1, 0.15) is 25.0 Å². The highest BCUT2D eigenvalue weighted by molar-refractivity contribution is 5.19. The Morgan fingerprint density at radius 3 is 3.12 bits per heavy atom. The summed E-state index contributed by atoms with van der Waals surface area (Å²) in [6, 6.07) is 3.74. The van der Waals surface area contributed by atoms with E-state index in [4.69, 9.17) is 9.15 Å². The van der Waals surface area contributed by atoms with Crippen molar-refractivity contribution in [3.63, 3.8) is 0 Å². The molecule has 16 heavy (non-hydrogen) atoms. The van der Waals surface area contributed by atoms with E-state index in [1.54, 1.807) is 13.4 Å². The first-order valence-electron chi connectivity index (χ1n) is 6.02. The summed E-state index contributed by atoms with van der Waals surface area (Å²) in [6.07, 6.45) is 5.10. The number of ether oxygens (including phenoxy) is 1. The quantitative estimate of drug-likeness (QED) is 0.852. The number of methoxy groups -OCH3 is 1. The topological polar surface area (TPSA) is 42.6 Å². The van der Waals surface area contributed by atoms with E-state index in [1.807, 2.05) is 12.1 Å². The van der Waals surface area contributed by atoms with Gasteiger partial charge in [-0.2, -0.15) is 0 Å². The van der Waals surface area contributed by atoms with Crippen LogP contribution in [0.15, 0.2) is 22.8 Å². The number of hydrogen-bond acceptors (Lipinski definition) is 3. The molecule has 3 nitrogen and oxygen atoms in total. The van der Waals surface area contributed by atoms with Crippen molar-refractivity contribution in [3.8, 4) is 0 Å². The van der Waals surface area contributed by atoms with Crippen molar-refractivity contribution in [3.05, 3.63) is 24.2 Å². The highest BCUT2D eigenvalue weighted by Gasteiger charge is 2.59. The number of fused-ring (bicyclic) bond motifs is 2. The van der Waals surface area contributed by atoms with Crippen molar-refractivity contribution in [1.82, 2.24) is 0 Å². The van der Waals surface area contributed by atoms with Gasteiger partial charge < -0.3 is 14.3 Å². The molecule has 2 aliphatic carbocycles. The third kappa shape index (κ3) is 1.22. The lowest BCUT2D eigenvalue weighted by Crippen LogP contribution is -2.42. The van der Waals surface area contributed by atoms with E-state index in [2.05, 4.69) is 0 Å². The van der Waals surface area contributed by atoms with Crippen LogP contribution in [-0.2, 0) is 10.3 Å². The summed E-state index contributed by atoms with van der Waals surface area (Å²) >= 11 is 0. The standard InChI is InChI=1S/C13H18O3/c1-15-8-11-9-4-5-10(7-9)13(11,14)12-3-2-6-16-12/h2-3,6,9-11,14H,4-5,7-8H2,1H3/t9-,10+,11+,13-/m1/s1. The highest BCUT2D eigenvalue weighted by Crippen LogP contribution is 2.59. The summed E-state index contributed by atoms with van der Waals surface area (Å²) < 4.78 is 10.7. The molecule has 0 saturated heterocycles. The molecule has 2 aliphatic rings. The Balaban J connectivity index is 1.97. The SMILES string of the molecule is COC[C@H]1[C@@H]2CC[C@@H](C2)[C@]1(O)c1ccco1. The van der Waals surface area contributed by atoms with Crippen molar-refractivity contribution in [1.29, 1.82) is 0 Å². The molecule has 3 heteroatoms. The molecule has 88 valence electrons. The van der Waals surface area contributed by atoms with Gasteiger partial charge in [-0.25, -0.2) is 0 Å². The Bertz CT molecular complexity index is 359. The minimum Gasteiger partial charge on any atom is -0.466 e. The average Bonchev–Trinajstić information content (AvgIpc) is 2.96. The predicted molar refractivity (Wildman–Crippen MR) is 58.8 cm³/mol. The van der Waals surface area contributed by atoms with Crippen molar-refractivity contribution < 1.29 is 14.3 Å². The molecule has 0 unspecified atom stereocenters. The first-order valence-corrected chi connectivity index (χ1v) is 6.02. The molecule has 4 atom stereocenters. The van der Waals surface area contributed by atoms with Gasteiger partial charge in [0.05, 0.1) is 12.9 Å². The Labute approximate surface area is 95.4 Å². The molecule has 1 heterocycles. The third-order valence-electron chi connectivity index (χ3n) is 4.49. The zero-order valence-corrected chi connectivity index (χ0v) is 9.56. The maximum Gasteiger partial charge on any atom is 0.136 e. The molecule has 0 amide bonds. The first kappa shape index (κ1) is 10.4. The zero-order chi connectivity index (χ0) is 11.2. The zero-order valence-electron chi connectivity index (χ0n) is 9.56. The van der Waals surface area contributed by atoms with Crippen molar-refractivity contribution in [2.24, 2.45) is 17.8 Å². The minimum absolute atomic E-state index is 0.197. The number of hydrogen-bond donors (Lipinski definition) is 1. The molecule has 0 spiro atoms. The molecule has 1 aromatic heterocycles. The van der Waals surface area contributed by atoms with Gasteiger partial charge in [-0.15, -0.1) is 0 Å². The normalized spacial score (nSPS) is 41.8. The molecule has 0 radical (unpaired) electrons. The highest BCUT2D eigenvalue weighted by atomic mass is 16.5. The summed E-state index contributed by atoms with van der Waals surface area (Å²) in [5.41, 5.74) is -0.789. The van der Waals surface area contributed by atoms with Crippen LogP contribution in [0.25, 0.3) is 0 Å². The van der Waals surface area contributed by atoms with Crippen LogP contribution in [0.3, 0.4) is 0 Å². The largest absolute Gasteiger partial charge is 0.466 e. The Morgan fingerprint density at radius 1 is 1.56 bits per heavy atom. The van der Waals surface area contributed by atoms with Crippen LogP contribution in [0.4, 0.5) is 0 Å². The van der Waals surface area contributed by atoms with E-state index in [-0.39, 0.29) is 5.92 Å². The molecule has 3 rings (SSSR count). The van der Waals surface area contributed by atoms with Crippen molar-refractivity contribution in [2.45, 2.75) is 24.9 Å². The second-order valence-electron chi connectivity index (χ2n) is 5.13. The molecule has 0 aromatic carbocycles. The van der Waals surface area contributed by atoms with Crippen LogP contribution in [0.5, 0.6) is 0 Å². The summed E-state index contributed by atoms with van der Waals surface area (Å²) in [6.45, 7) is 0.623. The van der Waals surface area contributed by atoms with Crippen molar-refractivity contribution in [2.75, 3.05) is 13.7 Å². The molecule has 1 aromatic rings. The molecular weight excluding hydrogens is 204 g/mol. The van der Waals surface area contributed by atoms with Gasteiger partial charge in [0.2, 0.25) is 0 Å². The lowest BCUT2D eigenvalue weighted by molar-refractivity contribution is -0.102. The fourth-order valence-corrected chi connectivity index (χ4v) is 3.78. The minimum atomic E-state index is -0.789. The van der Waals surface area contributed by atoms with E-state index in [0.29, 0.717) is 18.4 Å². The van der Waals surface area contributed by atoms with Gasteiger partial charge in [0, 0.05) is 13.0 Å². The Hall–Kier alpha value is -0.800. The third-order valence-corrected chi connectivity index (χ3v) is 4.49. The summed E-state index contributed by atoms with van der Waals surface area (Å²) in [5.74, 6) is 1.87. The smallest absolute Gasteiger partial charge is 0.136 e. The van der Waals surface area contributed by atoms with Crippen LogP contribution in [0.2, 0.25) is 0 Å². The average molecular weight is 222 g/mol. The lowest BCUT2D eigenvalue weighted by atomic mass is 9.74. The lowest BCUT2D eigenvalue weighted by Gasteiger charge is -2.37. The monoisotopic (exact) mass is 222 g/mol. The van der Waals surface area contributed by atoms with Gasteiger partial charge in [-0.05, 0) is 43.2 Å². The van der Waals surface area contributed by atoms with Crippen LogP contribution in [-0.4, -0.2) is 18.8 Å². The van der Waals surface area contributed by atoms with Gasteiger partial charge in [0.25, 0.3) is 0 Å². The van der Waals surface area contributed by atoms with Gasteiger partial charge in [0.15, 0.2) is 0 Å². The predicted octanol–water partition coefficient (Wildman–Crippen LogP) is 2.16. The maximum atomic E-state index is 11.0. The Morgan fingerprint density at radius 2 is 2.44 bits per heavy atom. The van der Waals surface area contributed by atoms with Gasteiger partial charge in [-0.1, -0.05) is 0 Å². The fourth-order valence-electron chi connectivity index (χ4n) is 3.78. The maximum absolute atomic E-state index is 11.0. The molecule has 2 saturated carbocycles. The summed E-state index contributed by atoms with van der Waals surface area (Å²) in [5, 5.41) is 11.0. The molecule has 0 aliphatic heterocycles. The van der Waals surface area contributed by atoms with Crippen LogP contribution >= 0.6 is 0 Å². The molecule has 2 bridgehead atoms. The second kappa shape index (κ2) is 3.60. The van der Waals surface area contributed by atoms with E-state index >= 15 is 0 Å². The number of aliphatic hydroxyl groups is 1. The number of rotatable bonds is 3. The van der Waals surface area contributed by atoms with E-state index in [0.717, 1.165) is 18.6 Å². The fraction of sp³-hybridized carbons (Fsp3) is 0.692. The van der Waals surface area contributed by atoms with Gasteiger partial charge in [0.1, 0.15) is 11.4 Å². The van der Waals surface area contributed by atoms with Gasteiger partial charge in [-0.3, -0.25) is 0 Å². The van der Waals surface area contributed by atoms with Crippen LogP contribution in [0, 0.1) is 17.8 Å². The van der Waals surface area contributed by atoms with E-state index in [9.17, 15) is 5.11 Å². The Kier molecular flexibility index (Phi) is 2.33. The molecule has 1 N–H and O–H groups in total. The van der Waals surface area contributed by atoms with E-state index in [1.165, 1.54) is 6.42 Å².